The van der Waals surface area contributed by atoms with Crippen LogP contribution in [-0.4, -0.2) is 29.4 Å². The molecule has 2 saturated carbocycles. The molecule has 0 bridgehead atoms. The summed E-state index contributed by atoms with van der Waals surface area (Å²) in [4.78, 5) is 13.6. The molecule has 1 heterocycles. The SMILES string of the molecule is NC1(C2CC2)CN(C(=O)CC2CC2)C1. The summed E-state index contributed by atoms with van der Waals surface area (Å²) < 4.78 is 0. The van der Waals surface area contributed by atoms with E-state index in [-0.39, 0.29) is 5.54 Å². The van der Waals surface area contributed by atoms with E-state index >= 15 is 0 Å². The van der Waals surface area contributed by atoms with Gasteiger partial charge in [0.25, 0.3) is 0 Å². The smallest absolute Gasteiger partial charge is 0.222 e. The Morgan fingerprint density at radius 2 is 1.93 bits per heavy atom. The summed E-state index contributed by atoms with van der Waals surface area (Å²) in [5, 5.41) is 0. The summed E-state index contributed by atoms with van der Waals surface area (Å²) in [6, 6.07) is 0. The first-order chi connectivity index (χ1) is 6.67. The minimum Gasteiger partial charge on any atom is -0.339 e. The van der Waals surface area contributed by atoms with Crippen LogP contribution >= 0.6 is 0 Å². The number of rotatable bonds is 3. The van der Waals surface area contributed by atoms with Crippen LogP contribution in [0.2, 0.25) is 0 Å². The highest BCUT2D eigenvalue weighted by atomic mass is 16.2. The number of hydrogen-bond donors (Lipinski definition) is 1. The largest absolute Gasteiger partial charge is 0.339 e. The lowest BCUT2D eigenvalue weighted by Crippen LogP contribution is -2.69. The van der Waals surface area contributed by atoms with Gasteiger partial charge < -0.3 is 10.6 Å². The monoisotopic (exact) mass is 194 g/mol. The van der Waals surface area contributed by atoms with Crippen molar-refractivity contribution in [2.75, 3.05) is 13.1 Å². The van der Waals surface area contributed by atoms with Crippen molar-refractivity contribution in [2.45, 2.75) is 37.6 Å². The van der Waals surface area contributed by atoms with Crippen molar-refractivity contribution in [1.29, 1.82) is 0 Å². The van der Waals surface area contributed by atoms with Gasteiger partial charge in [-0.2, -0.15) is 0 Å². The van der Waals surface area contributed by atoms with Gasteiger partial charge >= 0.3 is 0 Å². The first-order valence-corrected chi connectivity index (χ1v) is 5.74. The predicted molar refractivity (Wildman–Crippen MR) is 53.6 cm³/mol. The molecule has 0 aromatic carbocycles. The van der Waals surface area contributed by atoms with Gasteiger partial charge in [0.15, 0.2) is 0 Å². The second kappa shape index (κ2) is 2.72. The number of hydrogen-bond acceptors (Lipinski definition) is 2. The first-order valence-electron chi connectivity index (χ1n) is 5.74. The van der Waals surface area contributed by atoms with Crippen molar-refractivity contribution < 1.29 is 4.79 Å². The zero-order valence-corrected chi connectivity index (χ0v) is 8.54. The molecule has 0 atom stereocenters. The zero-order valence-electron chi connectivity index (χ0n) is 8.54. The lowest BCUT2D eigenvalue weighted by Gasteiger charge is -2.48. The van der Waals surface area contributed by atoms with Gasteiger partial charge in [-0.25, -0.2) is 0 Å². The van der Waals surface area contributed by atoms with Crippen molar-refractivity contribution >= 4 is 5.91 Å². The van der Waals surface area contributed by atoms with E-state index in [0.29, 0.717) is 17.7 Å². The van der Waals surface area contributed by atoms with Gasteiger partial charge in [0.2, 0.25) is 5.91 Å². The molecule has 78 valence electrons. The molecule has 2 aliphatic carbocycles. The summed E-state index contributed by atoms with van der Waals surface area (Å²) >= 11 is 0. The fraction of sp³-hybridized carbons (Fsp3) is 0.909. The first kappa shape index (κ1) is 8.72. The molecule has 1 amide bonds. The van der Waals surface area contributed by atoms with E-state index in [2.05, 4.69) is 0 Å². The molecule has 14 heavy (non-hydrogen) atoms. The average Bonchev–Trinajstić information content (AvgIpc) is 2.89. The normalized spacial score (nSPS) is 29.9. The molecule has 3 aliphatic rings. The van der Waals surface area contributed by atoms with Gasteiger partial charge in [-0.15, -0.1) is 0 Å². The molecule has 1 saturated heterocycles. The van der Waals surface area contributed by atoms with Gasteiger partial charge in [0.05, 0.1) is 5.54 Å². The number of amides is 1. The number of nitrogens with two attached hydrogens (primary N) is 1. The van der Waals surface area contributed by atoms with Crippen molar-refractivity contribution in [3.8, 4) is 0 Å². The molecule has 1 aliphatic heterocycles. The maximum atomic E-state index is 11.7. The fourth-order valence-corrected chi connectivity index (χ4v) is 2.46. The molecule has 0 spiro atoms. The van der Waals surface area contributed by atoms with Gasteiger partial charge in [0.1, 0.15) is 0 Å². The third kappa shape index (κ3) is 1.44. The molecule has 3 heteroatoms. The maximum Gasteiger partial charge on any atom is 0.222 e. The van der Waals surface area contributed by atoms with Crippen LogP contribution in [0.1, 0.15) is 32.1 Å². The molecule has 0 unspecified atom stereocenters. The Morgan fingerprint density at radius 1 is 1.29 bits per heavy atom. The molecule has 3 nitrogen and oxygen atoms in total. The molecule has 0 aromatic rings. The molecule has 2 N–H and O–H groups in total. The van der Waals surface area contributed by atoms with Crippen LogP contribution < -0.4 is 5.73 Å². The van der Waals surface area contributed by atoms with Crippen molar-refractivity contribution in [3.05, 3.63) is 0 Å². The van der Waals surface area contributed by atoms with Crippen molar-refractivity contribution in [2.24, 2.45) is 17.6 Å². The summed E-state index contributed by atoms with van der Waals surface area (Å²) in [6.07, 6.45) is 5.86. The number of carbonyl (C=O) groups excluding carboxylic acids is 1. The number of likely N-dealkylation sites (tertiary alicyclic amines) is 1. The van der Waals surface area contributed by atoms with E-state index in [1.165, 1.54) is 25.7 Å². The molecule has 3 rings (SSSR count). The molecule has 0 radical (unpaired) electrons. The Bertz CT molecular complexity index is 262. The summed E-state index contributed by atoms with van der Waals surface area (Å²) in [5.41, 5.74) is 6.19. The van der Waals surface area contributed by atoms with Crippen LogP contribution in [0.5, 0.6) is 0 Å². The number of carbonyl (C=O) groups is 1. The van der Waals surface area contributed by atoms with Gasteiger partial charge in [-0.1, -0.05) is 0 Å². The molecule has 0 aromatic heterocycles. The van der Waals surface area contributed by atoms with Crippen molar-refractivity contribution in [1.82, 2.24) is 4.90 Å². The Hall–Kier alpha value is -0.570. The lowest BCUT2D eigenvalue weighted by molar-refractivity contribution is -0.139. The van der Waals surface area contributed by atoms with Gasteiger partial charge in [-0.3, -0.25) is 4.79 Å². The van der Waals surface area contributed by atoms with Crippen LogP contribution in [0.15, 0.2) is 0 Å². The highest BCUT2D eigenvalue weighted by Gasteiger charge is 2.51. The number of nitrogens with zero attached hydrogens (tertiary/aromatic N) is 1. The fourth-order valence-electron chi connectivity index (χ4n) is 2.46. The quantitative estimate of drug-likeness (QED) is 0.720. The van der Waals surface area contributed by atoms with Gasteiger partial charge in [-0.05, 0) is 37.5 Å². The van der Waals surface area contributed by atoms with E-state index in [1.54, 1.807) is 0 Å². The maximum absolute atomic E-state index is 11.7. The second-order valence-corrected chi connectivity index (χ2v) is 5.40. The third-order valence-corrected chi connectivity index (χ3v) is 3.87. The Morgan fingerprint density at radius 3 is 2.43 bits per heavy atom. The standard InChI is InChI=1S/C11H18N2O/c12-11(9-3-4-9)6-13(7-11)10(14)5-8-1-2-8/h8-9H,1-7,12H2. The van der Waals surface area contributed by atoms with E-state index in [4.69, 9.17) is 5.73 Å². The van der Waals surface area contributed by atoms with Crippen LogP contribution in [0.4, 0.5) is 0 Å². The Kier molecular flexibility index (Phi) is 1.69. The van der Waals surface area contributed by atoms with Crippen LogP contribution in [-0.2, 0) is 4.79 Å². The molecular weight excluding hydrogens is 176 g/mol. The average molecular weight is 194 g/mol. The minimum absolute atomic E-state index is 0.000783. The highest BCUT2D eigenvalue weighted by molar-refractivity contribution is 5.78. The van der Waals surface area contributed by atoms with Crippen LogP contribution in [0, 0.1) is 11.8 Å². The summed E-state index contributed by atoms with van der Waals surface area (Å²) in [7, 11) is 0. The summed E-state index contributed by atoms with van der Waals surface area (Å²) in [5.74, 6) is 1.76. The predicted octanol–water partition coefficient (Wildman–Crippen LogP) is 0.736. The molecule has 3 fully saturated rings. The third-order valence-electron chi connectivity index (χ3n) is 3.87. The van der Waals surface area contributed by atoms with Gasteiger partial charge in [0, 0.05) is 19.5 Å². The summed E-state index contributed by atoms with van der Waals surface area (Å²) in [6.45, 7) is 1.65. The van der Waals surface area contributed by atoms with Crippen LogP contribution in [0.3, 0.4) is 0 Å². The Labute approximate surface area is 84.6 Å². The zero-order chi connectivity index (χ0) is 9.76. The minimum atomic E-state index is -0.000783. The van der Waals surface area contributed by atoms with Crippen LogP contribution in [0.25, 0.3) is 0 Å². The molecular formula is C11H18N2O. The van der Waals surface area contributed by atoms with E-state index in [0.717, 1.165) is 19.5 Å². The lowest BCUT2D eigenvalue weighted by atomic mass is 9.85. The highest BCUT2D eigenvalue weighted by Crippen LogP contribution is 2.43. The van der Waals surface area contributed by atoms with E-state index in [1.807, 2.05) is 4.90 Å². The van der Waals surface area contributed by atoms with E-state index < -0.39 is 0 Å². The second-order valence-electron chi connectivity index (χ2n) is 5.40. The topological polar surface area (TPSA) is 46.3 Å². The van der Waals surface area contributed by atoms with Crippen molar-refractivity contribution in [3.63, 3.8) is 0 Å². The Balaban J connectivity index is 1.49. The van der Waals surface area contributed by atoms with E-state index in [9.17, 15) is 4.79 Å².